The van der Waals surface area contributed by atoms with Crippen LogP contribution < -0.4 is 14.8 Å². The molecular formula is C19H24N2O4S. The zero-order valence-electron chi connectivity index (χ0n) is 15.0. The third-order valence-electron chi connectivity index (χ3n) is 3.71. The van der Waals surface area contributed by atoms with E-state index in [9.17, 15) is 13.2 Å². The maximum atomic E-state index is 12.3. The van der Waals surface area contributed by atoms with Crippen molar-refractivity contribution in [1.82, 2.24) is 10.0 Å². The van der Waals surface area contributed by atoms with Gasteiger partial charge in [0.25, 0.3) is 0 Å². The number of benzene rings is 2. The lowest BCUT2D eigenvalue weighted by Crippen LogP contribution is -2.33. The summed E-state index contributed by atoms with van der Waals surface area (Å²) in [4.78, 5) is 12.0. The Morgan fingerprint density at radius 2 is 1.77 bits per heavy atom. The number of para-hydroxylation sites is 1. The molecule has 2 aromatic rings. The molecule has 0 aliphatic heterocycles. The molecule has 0 bridgehead atoms. The standard InChI is InChI=1S/C19H24N2O4S/c1-15-8-9-16(2)18(14-15)26(23,24)21-11-10-19(22)20-12-13-25-17-6-4-3-5-7-17/h3-9,14,21H,10-13H2,1-2H3,(H,20,22). The molecule has 2 N–H and O–H groups in total. The first kappa shape index (κ1) is 19.9. The highest BCUT2D eigenvalue weighted by Gasteiger charge is 2.16. The molecule has 26 heavy (non-hydrogen) atoms. The van der Waals surface area contributed by atoms with Crippen LogP contribution in [0, 0.1) is 13.8 Å². The predicted molar refractivity (Wildman–Crippen MR) is 101 cm³/mol. The number of amides is 1. The van der Waals surface area contributed by atoms with Crippen molar-refractivity contribution >= 4 is 15.9 Å². The average Bonchev–Trinajstić information content (AvgIpc) is 2.61. The Morgan fingerprint density at radius 1 is 1.04 bits per heavy atom. The quantitative estimate of drug-likeness (QED) is 0.657. The number of hydrogen-bond acceptors (Lipinski definition) is 4. The Balaban J connectivity index is 1.71. The zero-order valence-corrected chi connectivity index (χ0v) is 15.8. The first-order valence-electron chi connectivity index (χ1n) is 8.40. The molecule has 0 spiro atoms. The summed E-state index contributed by atoms with van der Waals surface area (Å²) in [5.41, 5.74) is 1.54. The highest BCUT2D eigenvalue weighted by molar-refractivity contribution is 7.89. The Kier molecular flexibility index (Phi) is 7.17. The van der Waals surface area contributed by atoms with Crippen molar-refractivity contribution in [2.75, 3.05) is 19.7 Å². The van der Waals surface area contributed by atoms with Crippen molar-refractivity contribution in [3.63, 3.8) is 0 Å². The number of ether oxygens (including phenoxy) is 1. The van der Waals surface area contributed by atoms with Crippen molar-refractivity contribution in [1.29, 1.82) is 0 Å². The lowest BCUT2D eigenvalue weighted by Gasteiger charge is -2.10. The van der Waals surface area contributed by atoms with E-state index in [1.54, 1.807) is 19.1 Å². The van der Waals surface area contributed by atoms with Gasteiger partial charge in [-0.25, -0.2) is 13.1 Å². The SMILES string of the molecule is Cc1ccc(C)c(S(=O)(=O)NCCC(=O)NCCOc2ccccc2)c1. The van der Waals surface area contributed by atoms with Crippen LogP contribution in [-0.4, -0.2) is 34.0 Å². The number of rotatable bonds is 9. The first-order valence-corrected chi connectivity index (χ1v) is 9.88. The molecule has 0 atom stereocenters. The van der Waals surface area contributed by atoms with Gasteiger partial charge in [0.2, 0.25) is 15.9 Å². The first-order chi connectivity index (χ1) is 12.4. The van der Waals surface area contributed by atoms with Gasteiger partial charge in [0, 0.05) is 13.0 Å². The fourth-order valence-corrected chi connectivity index (χ4v) is 3.70. The maximum Gasteiger partial charge on any atom is 0.240 e. The topological polar surface area (TPSA) is 84.5 Å². The average molecular weight is 376 g/mol. The molecule has 1 amide bonds. The second kappa shape index (κ2) is 9.35. The fourth-order valence-electron chi connectivity index (χ4n) is 2.34. The molecule has 0 saturated heterocycles. The molecule has 0 aliphatic carbocycles. The van der Waals surface area contributed by atoms with Crippen LogP contribution >= 0.6 is 0 Å². The minimum absolute atomic E-state index is 0.0427. The van der Waals surface area contributed by atoms with Gasteiger partial charge < -0.3 is 10.1 Å². The molecule has 0 unspecified atom stereocenters. The van der Waals surface area contributed by atoms with Gasteiger partial charge in [0.15, 0.2) is 0 Å². The number of aryl methyl sites for hydroxylation is 2. The van der Waals surface area contributed by atoms with E-state index in [2.05, 4.69) is 10.0 Å². The Labute approximate surface area is 154 Å². The van der Waals surface area contributed by atoms with Gasteiger partial charge in [-0.2, -0.15) is 0 Å². The van der Waals surface area contributed by atoms with Crippen LogP contribution in [0.2, 0.25) is 0 Å². The summed E-state index contributed by atoms with van der Waals surface area (Å²) >= 11 is 0. The molecule has 0 fully saturated rings. The molecule has 0 heterocycles. The summed E-state index contributed by atoms with van der Waals surface area (Å²) in [6.45, 7) is 4.33. The van der Waals surface area contributed by atoms with Crippen LogP contribution in [0.25, 0.3) is 0 Å². The summed E-state index contributed by atoms with van der Waals surface area (Å²) in [6.07, 6.45) is 0.0649. The molecule has 7 heteroatoms. The molecule has 0 saturated carbocycles. The monoisotopic (exact) mass is 376 g/mol. The number of carbonyl (C=O) groups is 1. The molecule has 6 nitrogen and oxygen atoms in total. The van der Waals surface area contributed by atoms with Gasteiger partial charge in [-0.1, -0.05) is 30.3 Å². The molecule has 0 radical (unpaired) electrons. The van der Waals surface area contributed by atoms with Gasteiger partial charge in [0.05, 0.1) is 11.4 Å². The van der Waals surface area contributed by atoms with Crippen molar-refractivity contribution in [3.05, 3.63) is 59.7 Å². The lowest BCUT2D eigenvalue weighted by molar-refractivity contribution is -0.121. The fraction of sp³-hybridized carbons (Fsp3) is 0.316. The highest BCUT2D eigenvalue weighted by atomic mass is 32.2. The molecule has 2 rings (SSSR count). The van der Waals surface area contributed by atoms with E-state index in [-0.39, 0.29) is 23.8 Å². The number of nitrogens with one attached hydrogen (secondary N) is 2. The Morgan fingerprint density at radius 3 is 2.50 bits per heavy atom. The van der Waals surface area contributed by atoms with Crippen LogP contribution in [0.3, 0.4) is 0 Å². The summed E-state index contributed by atoms with van der Waals surface area (Å²) < 4.78 is 32.6. The second-order valence-electron chi connectivity index (χ2n) is 5.93. The highest BCUT2D eigenvalue weighted by Crippen LogP contribution is 2.16. The third-order valence-corrected chi connectivity index (χ3v) is 5.32. The van der Waals surface area contributed by atoms with E-state index in [1.807, 2.05) is 43.3 Å². The van der Waals surface area contributed by atoms with Crippen LogP contribution in [0.5, 0.6) is 5.75 Å². The van der Waals surface area contributed by atoms with Crippen molar-refractivity contribution in [2.45, 2.75) is 25.2 Å². The van der Waals surface area contributed by atoms with E-state index < -0.39 is 10.0 Å². The number of sulfonamides is 1. The largest absolute Gasteiger partial charge is 0.492 e. The van der Waals surface area contributed by atoms with Gasteiger partial charge in [0.1, 0.15) is 12.4 Å². The van der Waals surface area contributed by atoms with E-state index in [1.165, 1.54) is 0 Å². The lowest BCUT2D eigenvalue weighted by atomic mass is 10.2. The van der Waals surface area contributed by atoms with Gasteiger partial charge in [-0.15, -0.1) is 0 Å². The summed E-state index contributed by atoms with van der Waals surface area (Å²) in [6, 6.07) is 14.6. The summed E-state index contributed by atoms with van der Waals surface area (Å²) in [7, 11) is -3.63. The molecule has 2 aromatic carbocycles. The molecular weight excluding hydrogens is 352 g/mol. The molecule has 0 aromatic heterocycles. The second-order valence-corrected chi connectivity index (χ2v) is 7.66. The van der Waals surface area contributed by atoms with E-state index in [4.69, 9.17) is 4.74 Å². The van der Waals surface area contributed by atoms with Gasteiger partial charge >= 0.3 is 0 Å². The third kappa shape index (κ3) is 6.16. The summed E-state index contributed by atoms with van der Waals surface area (Å²) in [5.74, 6) is 0.508. The van der Waals surface area contributed by atoms with Crippen molar-refractivity contribution < 1.29 is 17.9 Å². The number of hydrogen-bond donors (Lipinski definition) is 2. The van der Waals surface area contributed by atoms with Crippen molar-refractivity contribution in [2.24, 2.45) is 0 Å². The minimum Gasteiger partial charge on any atom is -0.492 e. The van der Waals surface area contributed by atoms with Crippen LogP contribution in [0.1, 0.15) is 17.5 Å². The van der Waals surface area contributed by atoms with Gasteiger partial charge in [-0.05, 0) is 43.2 Å². The Bertz CT molecular complexity index is 836. The Hall–Kier alpha value is -2.38. The van der Waals surface area contributed by atoms with Crippen LogP contribution in [0.4, 0.5) is 0 Å². The molecule has 140 valence electrons. The van der Waals surface area contributed by atoms with Crippen molar-refractivity contribution in [3.8, 4) is 5.75 Å². The zero-order chi connectivity index (χ0) is 19.0. The minimum atomic E-state index is -3.63. The van der Waals surface area contributed by atoms with E-state index >= 15 is 0 Å². The van der Waals surface area contributed by atoms with E-state index in [0.717, 1.165) is 11.3 Å². The molecule has 0 aliphatic rings. The van der Waals surface area contributed by atoms with Gasteiger partial charge in [-0.3, -0.25) is 4.79 Å². The summed E-state index contributed by atoms with van der Waals surface area (Å²) in [5, 5.41) is 2.70. The van der Waals surface area contributed by atoms with E-state index in [0.29, 0.717) is 18.7 Å². The van der Waals surface area contributed by atoms with Crippen LogP contribution in [0.15, 0.2) is 53.4 Å². The normalized spacial score (nSPS) is 11.2. The number of carbonyl (C=O) groups excluding carboxylic acids is 1. The smallest absolute Gasteiger partial charge is 0.240 e. The predicted octanol–water partition coefficient (Wildman–Crippen LogP) is 2.17. The maximum absolute atomic E-state index is 12.3. The van der Waals surface area contributed by atoms with Crippen LogP contribution in [-0.2, 0) is 14.8 Å².